The molecule has 0 saturated heterocycles. The molecular formula is C23H33NO. The van der Waals surface area contributed by atoms with Crippen molar-refractivity contribution in [2.24, 2.45) is 40.4 Å². The second kappa shape index (κ2) is 5.59. The number of hydrogen-bond donors (Lipinski definition) is 1. The molecule has 4 saturated carbocycles. The zero-order valence-electron chi connectivity index (χ0n) is 15.7. The smallest absolute Gasteiger partial charge is 0.0946 e. The van der Waals surface area contributed by atoms with Crippen molar-refractivity contribution < 1.29 is 5.11 Å². The third kappa shape index (κ3) is 2.11. The first-order valence-electron chi connectivity index (χ1n) is 10.9. The number of rotatable bonds is 0. The molecule has 0 aromatic rings. The second-order valence-electron chi connectivity index (χ2n) is 10.3. The Morgan fingerprint density at radius 1 is 1.04 bits per heavy atom. The number of nitrogens with zero attached hydrogens (tertiary/aromatic N) is 1. The third-order valence-corrected chi connectivity index (χ3v) is 9.83. The fourth-order valence-corrected chi connectivity index (χ4v) is 8.76. The van der Waals surface area contributed by atoms with Crippen LogP contribution in [0.15, 0.2) is 11.6 Å². The Balaban J connectivity index is 1.46. The zero-order chi connectivity index (χ0) is 17.2. The molecule has 5 aliphatic carbocycles. The lowest BCUT2D eigenvalue weighted by Crippen LogP contribution is -2.54. The van der Waals surface area contributed by atoms with Gasteiger partial charge in [-0.25, -0.2) is 0 Å². The highest BCUT2D eigenvalue weighted by Crippen LogP contribution is 2.70. The molecule has 0 aromatic heterocycles. The van der Waals surface area contributed by atoms with Crippen LogP contribution in [0.3, 0.4) is 0 Å². The van der Waals surface area contributed by atoms with Crippen LogP contribution in [0.25, 0.3) is 0 Å². The van der Waals surface area contributed by atoms with Crippen LogP contribution in [0, 0.1) is 51.8 Å². The van der Waals surface area contributed by atoms with Crippen molar-refractivity contribution >= 4 is 0 Å². The highest BCUT2D eigenvalue weighted by molar-refractivity contribution is 5.32. The van der Waals surface area contributed by atoms with E-state index in [4.69, 9.17) is 0 Å². The van der Waals surface area contributed by atoms with Gasteiger partial charge in [-0.2, -0.15) is 5.26 Å². The number of allylic oxidation sites excluding steroid dienone is 2. The van der Waals surface area contributed by atoms with E-state index in [1.54, 1.807) is 0 Å². The molecule has 0 radical (unpaired) electrons. The summed E-state index contributed by atoms with van der Waals surface area (Å²) in [6, 6.07) is 2.57. The maximum absolute atomic E-state index is 10.2. The summed E-state index contributed by atoms with van der Waals surface area (Å²) in [6.45, 7) is 2.58. The zero-order valence-corrected chi connectivity index (χ0v) is 15.7. The molecule has 5 aliphatic rings. The molecule has 25 heavy (non-hydrogen) atoms. The predicted octanol–water partition coefficient (Wildman–Crippen LogP) is 5.23. The van der Waals surface area contributed by atoms with Crippen LogP contribution < -0.4 is 0 Å². The molecular weight excluding hydrogens is 306 g/mol. The number of aliphatic hydroxyl groups excluding tert-OH is 1. The molecule has 0 aromatic carbocycles. The van der Waals surface area contributed by atoms with Gasteiger partial charge in [0, 0.05) is 5.57 Å². The van der Waals surface area contributed by atoms with E-state index < -0.39 is 0 Å². The molecule has 2 nitrogen and oxygen atoms in total. The fraction of sp³-hybridized carbons (Fsp3) is 0.870. The van der Waals surface area contributed by atoms with Crippen molar-refractivity contribution in [3.05, 3.63) is 11.6 Å². The average molecular weight is 340 g/mol. The maximum Gasteiger partial charge on any atom is 0.0946 e. The summed E-state index contributed by atoms with van der Waals surface area (Å²) in [6.07, 6.45) is 16.1. The van der Waals surface area contributed by atoms with Crippen molar-refractivity contribution in [2.75, 3.05) is 0 Å². The number of aliphatic hydroxyl groups is 1. The van der Waals surface area contributed by atoms with Crippen molar-refractivity contribution in [1.29, 1.82) is 5.26 Å². The second-order valence-corrected chi connectivity index (χ2v) is 10.3. The Labute approximate surface area is 152 Å². The Kier molecular flexibility index (Phi) is 3.66. The van der Waals surface area contributed by atoms with Crippen LogP contribution in [0.4, 0.5) is 0 Å². The van der Waals surface area contributed by atoms with Gasteiger partial charge < -0.3 is 5.11 Å². The number of nitriles is 1. The topological polar surface area (TPSA) is 44.0 Å². The molecule has 4 fully saturated rings. The van der Waals surface area contributed by atoms with E-state index in [1.165, 1.54) is 51.4 Å². The molecule has 0 heterocycles. The van der Waals surface area contributed by atoms with Crippen LogP contribution in [0.2, 0.25) is 0 Å². The van der Waals surface area contributed by atoms with Gasteiger partial charge in [0.05, 0.1) is 12.2 Å². The lowest BCUT2D eigenvalue weighted by Gasteiger charge is -2.62. The molecule has 2 heteroatoms. The van der Waals surface area contributed by atoms with E-state index in [0.29, 0.717) is 16.7 Å². The van der Waals surface area contributed by atoms with Crippen molar-refractivity contribution in [3.63, 3.8) is 0 Å². The van der Waals surface area contributed by atoms with Gasteiger partial charge in [0.1, 0.15) is 0 Å². The van der Waals surface area contributed by atoms with Gasteiger partial charge in [-0.05, 0) is 111 Å². The summed E-state index contributed by atoms with van der Waals surface area (Å²) >= 11 is 0. The molecule has 136 valence electrons. The quantitative estimate of drug-likeness (QED) is 0.656. The fourth-order valence-electron chi connectivity index (χ4n) is 8.76. The molecule has 0 aliphatic heterocycles. The van der Waals surface area contributed by atoms with Gasteiger partial charge in [-0.1, -0.05) is 13.0 Å². The SMILES string of the molecule is C[C@]12CC[C@@H](O)C[C@@H]1CC[C@@H]1[C@@H]2CC[C@@]23CCC=C(C#N)[C@H]2CC[C@@H]13. The first kappa shape index (κ1) is 16.4. The third-order valence-electron chi connectivity index (χ3n) is 9.83. The lowest BCUT2D eigenvalue weighted by molar-refractivity contribution is -0.130. The van der Waals surface area contributed by atoms with Crippen LogP contribution >= 0.6 is 0 Å². The molecule has 0 amide bonds. The normalized spacial score (nSPS) is 54.4. The van der Waals surface area contributed by atoms with Crippen LogP contribution in [-0.2, 0) is 0 Å². The van der Waals surface area contributed by atoms with Crippen molar-refractivity contribution in [2.45, 2.75) is 83.7 Å². The van der Waals surface area contributed by atoms with E-state index in [2.05, 4.69) is 19.1 Å². The summed E-state index contributed by atoms with van der Waals surface area (Å²) < 4.78 is 0. The highest BCUT2D eigenvalue weighted by Gasteiger charge is 2.62. The van der Waals surface area contributed by atoms with Crippen molar-refractivity contribution in [1.82, 2.24) is 0 Å². The molecule has 8 atom stereocenters. The highest BCUT2D eigenvalue weighted by atomic mass is 16.3. The van der Waals surface area contributed by atoms with Gasteiger partial charge in [0.25, 0.3) is 0 Å². The summed E-state index contributed by atoms with van der Waals surface area (Å²) in [5.41, 5.74) is 2.08. The van der Waals surface area contributed by atoms with E-state index in [-0.39, 0.29) is 6.10 Å². The van der Waals surface area contributed by atoms with Crippen LogP contribution in [-0.4, -0.2) is 11.2 Å². The molecule has 1 spiro atoms. The Morgan fingerprint density at radius 2 is 1.92 bits per heavy atom. The Hall–Kier alpha value is -0.810. The van der Waals surface area contributed by atoms with Crippen LogP contribution in [0.1, 0.15) is 77.6 Å². The molecule has 0 bridgehead atoms. The first-order chi connectivity index (χ1) is 12.1. The summed E-state index contributed by atoms with van der Waals surface area (Å²) in [5, 5.41) is 19.8. The minimum absolute atomic E-state index is 0.0397. The number of fused-ring (bicyclic) bond motifs is 4. The monoisotopic (exact) mass is 339 g/mol. The molecule has 5 rings (SSSR count). The van der Waals surface area contributed by atoms with E-state index in [9.17, 15) is 10.4 Å². The Bertz CT molecular complexity index is 632. The maximum atomic E-state index is 10.2. The van der Waals surface area contributed by atoms with Gasteiger partial charge >= 0.3 is 0 Å². The largest absolute Gasteiger partial charge is 0.393 e. The van der Waals surface area contributed by atoms with Gasteiger partial charge in [0.2, 0.25) is 0 Å². The van der Waals surface area contributed by atoms with E-state index in [1.807, 2.05) is 0 Å². The van der Waals surface area contributed by atoms with Gasteiger partial charge in [-0.3, -0.25) is 0 Å². The minimum atomic E-state index is -0.0397. The van der Waals surface area contributed by atoms with Gasteiger partial charge in [0.15, 0.2) is 0 Å². The molecule has 0 unspecified atom stereocenters. The first-order valence-corrected chi connectivity index (χ1v) is 10.9. The summed E-state index contributed by atoms with van der Waals surface area (Å²) in [7, 11) is 0. The van der Waals surface area contributed by atoms with Gasteiger partial charge in [-0.15, -0.1) is 0 Å². The average Bonchev–Trinajstić information content (AvgIpc) is 3.02. The van der Waals surface area contributed by atoms with Crippen LogP contribution in [0.5, 0.6) is 0 Å². The summed E-state index contributed by atoms with van der Waals surface area (Å²) in [4.78, 5) is 0. The van der Waals surface area contributed by atoms with E-state index >= 15 is 0 Å². The summed E-state index contributed by atoms with van der Waals surface area (Å²) in [5.74, 6) is 3.98. The minimum Gasteiger partial charge on any atom is -0.393 e. The molecule has 1 N–H and O–H groups in total. The Morgan fingerprint density at radius 3 is 2.76 bits per heavy atom. The predicted molar refractivity (Wildman–Crippen MR) is 98.5 cm³/mol. The standard InChI is InChI=1S/C23H33NO/c1-22-11-8-17(25)13-16(22)4-5-18-20(22)9-12-23-10-2-3-15(14-24)19(23)6-7-21(18)23/h3,16-21,25H,2,4-13H2,1H3/t16-,17+,18+,19+,20-,21-,22-,23-/m0/s1. The lowest BCUT2D eigenvalue weighted by atomic mass is 9.43. The van der Waals surface area contributed by atoms with E-state index in [0.717, 1.165) is 48.5 Å². The van der Waals surface area contributed by atoms with Crippen molar-refractivity contribution in [3.8, 4) is 6.07 Å². The number of hydrogen-bond acceptors (Lipinski definition) is 2.